The van der Waals surface area contributed by atoms with Crippen molar-refractivity contribution < 1.29 is 18.7 Å². The number of halogens is 2. The van der Waals surface area contributed by atoms with Gasteiger partial charge >= 0.3 is 5.97 Å². The normalized spacial score (nSPS) is 11.3. The van der Waals surface area contributed by atoms with Gasteiger partial charge in [-0.15, -0.1) is 0 Å². The van der Waals surface area contributed by atoms with E-state index in [2.05, 4.69) is 4.98 Å². The molecule has 0 unspecified atom stereocenters. The van der Waals surface area contributed by atoms with Gasteiger partial charge in [0.1, 0.15) is 29.2 Å². The summed E-state index contributed by atoms with van der Waals surface area (Å²) >= 11 is 5.86. The number of esters is 1. The Bertz CT molecular complexity index is 668. The third-order valence-corrected chi connectivity index (χ3v) is 3.39. The summed E-state index contributed by atoms with van der Waals surface area (Å²) in [6.07, 6.45) is 1.48. The summed E-state index contributed by atoms with van der Waals surface area (Å²) in [5.41, 5.74) is -1.22. The largest absolute Gasteiger partial charge is 0.476 e. The number of hydrogen-bond acceptors (Lipinski definition) is 4. The van der Waals surface area contributed by atoms with E-state index in [1.807, 2.05) is 0 Å². The lowest BCUT2D eigenvalue weighted by Crippen LogP contribution is -2.39. The number of aromatic nitrogens is 2. The molecule has 1 aromatic heterocycles. The first-order valence-corrected chi connectivity index (χ1v) is 6.95. The number of benzene rings is 1. The maximum Gasteiger partial charge on any atom is 0.350 e. The van der Waals surface area contributed by atoms with Crippen LogP contribution in [0, 0.1) is 5.82 Å². The molecule has 0 spiro atoms. The van der Waals surface area contributed by atoms with E-state index in [0.29, 0.717) is 16.7 Å². The molecule has 0 aliphatic rings. The Morgan fingerprint density at radius 2 is 2.00 bits per heavy atom. The van der Waals surface area contributed by atoms with Gasteiger partial charge < -0.3 is 14.0 Å². The molecule has 0 radical (unpaired) electrons. The van der Waals surface area contributed by atoms with E-state index in [1.54, 1.807) is 25.5 Å². The molecule has 0 amide bonds. The molecule has 0 aliphatic heterocycles. The second kappa shape index (κ2) is 6.36. The van der Waals surface area contributed by atoms with Crippen LogP contribution < -0.4 is 4.74 Å². The predicted octanol–water partition coefficient (Wildman–Crippen LogP) is 3.11. The van der Waals surface area contributed by atoms with Gasteiger partial charge in [0.2, 0.25) is 0 Å². The second-order valence-electron chi connectivity index (χ2n) is 5.20. The Balaban J connectivity index is 1.98. The van der Waals surface area contributed by atoms with E-state index in [-0.39, 0.29) is 12.4 Å². The highest BCUT2D eigenvalue weighted by molar-refractivity contribution is 6.29. The number of ether oxygens (including phenoxy) is 2. The van der Waals surface area contributed by atoms with Crippen molar-refractivity contribution in [3.8, 4) is 5.75 Å². The first-order chi connectivity index (χ1) is 10.3. The molecule has 118 valence electrons. The van der Waals surface area contributed by atoms with Crippen LogP contribution in [0.3, 0.4) is 0 Å². The zero-order valence-corrected chi connectivity index (χ0v) is 13.2. The van der Waals surface area contributed by atoms with Gasteiger partial charge in [0.15, 0.2) is 5.60 Å². The first kappa shape index (κ1) is 16.3. The highest BCUT2D eigenvalue weighted by Gasteiger charge is 2.32. The van der Waals surface area contributed by atoms with Gasteiger partial charge in [-0.1, -0.05) is 11.6 Å². The standard InChI is InChI=1S/C15H16ClFN2O3/c1-15(2,22-11-6-4-10(17)5-7-11)14(20)21-9-13-18-8-12(16)19(13)3/h4-8H,9H2,1-3H3. The van der Waals surface area contributed by atoms with Crippen molar-refractivity contribution in [2.75, 3.05) is 0 Å². The second-order valence-corrected chi connectivity index (χ2v) is 5.59. The third-order valence-electron chi connectivity index (χ3n) is 3.04. The van der Waals surface area contributed by atoms with Gasteiger partial charge in [-0.05, 0) is 38.1 Å². The summed E-state index contributed by atoms with van der Waals surface area (Å²) in [4.78, 5) is 16.2. The zero-order valence-electron chi connectivity index (χ0n) is 12.5. The summed E-state index contributed by atoms with van der Waals surface area (Å²) < 4.78 is 25.2. The van der Waals surface area contributed by atoms with Gasteiger partial charge in [0, 0.05) is 7.05 Å². The molecule has 0 fully saturated rings. The molecular formula is C15H16ClFN2O3. The number of imidazole rings is 1. The van der Waals surface area contributed by atoms with Crippen molar-refractivity contribution in [2.24, 2.45) is 7.05 Å². The van der Waals surface area contributed by atoms with E-state index < -0.39 is 11.6 Å². The van der Waals surface area contributed by atoms with Crippen molar-refractivity contribution in [3.63, 3.8) is 0 Å². The molecular weight excluding hydrogens is 311 g/mol. The van der Waals surface area contributed by atoms with E-state index in [4.69, 9.17) is 21.1 Å². The quantitative estimate of drug-likeness (QED) is 0.792. The average molecular weight is 327 g/mol. The fourth-order valence-electron chi connectivity index (χ4n) is 1.70. The maximum atomic E-state index is 12.9. The minimum Gasteiger partial charge on any atom is -0.476 e. The highest BCUT2D eigenvalue weighted by atomic mass is 35.5. The molecule has 0 N–H and O–H groups in total. The van der Waals surface area contributed by atoms with E-state index in [9.17, 15) is 9.18 Å². The number of nitrogens with zero attached hydrogens (tertiary/aromatic N) is 2. The predicted molar refractivity (Wildman–Crippen MR) is 79.1 cm³/mol. The molecule has 0 saturated heterocycles. The fourth-order valence-corrected chi connectivity index (χ4v) is 1.85. The average Bonchev–Trinajstić information content (AvgIpc) is 2.78. The van der Waals surface area contributed by atoms with Crippen LogP contribution in [0.15, 0.2) is 30.5 Å². The molecule has 0 aliphatic carbocycles. The van der Waals surface area contributed by atoms with Crippen molar-refractivity contribution in [1.29, 1.82) is 0 Å². The molecule has 0 saturated carbocycles. The first-order valence-electron chi connectivity index (χ1n) is 6.57. The summed E-state index contributed by atoms with van der Waals surface area (Å²) in [7, 11) is 1.72. The van der Waals surface area contributed by atoms with Crippen LogP contribution in [0.5, 0.6) is 5.75 Å². The molecule has 22 heavy (non-hydrogen) atoms. The monoisotopic (exact) mass is 326 g/mol. The zero-order chi connectivity index (χ0) is 16.3. The highest BCUT2D eigenvalue weighted by Crippen LogP contribution is 2.20. The van der Waals surface area contributed by atoms with Crippen LogP contribution in [-0.4, -0.2) is 21.1 Å². The molecule has 7 heteroatoms. The molecule has 1 aromatic carbocycles. The maximum absolute atomic E-state index is 12.9. The molecule has 1 heterocycles. The van der Waals surface area contributed by atoms with Gasteiger partial charge in [0.25, 0.3) is 0 Å². The van der Waals surface area contributed by atoms with E-state index in [1.165, 1.54) is 30.5 Å². The van der Waals surface area contributed by atoms with E-state index in [0.717, 1.165) is 0 Å². The van der Waals surface area contributed by atoms with Gasteiger partial charge in [-0.25, -0.2) is 14.2 Å². The van der Waals surface area contributed by atoms with Crippen LogP contribution in [0.1, 0.15) is 19.7 Å². The Labute approximate surface area is 132 Å². The number of carbonyl (C=O) groups is 1. The topological polar surface area (TPSA) is 53.4 Å². The third kappa shape index (κ3) is 3.76. The minimum absolute atomic E-state index is 0.0156. The Hall–Kier alpha value is -2.08. The number of hydrogen-bond donors (Lipinski definition) is 0. The summed E-state index contributed by atoms with van der Waals surface area (Å²) in [6.45, 7) is 3.13. The van der Waals surface area contributed by atoms with Crippen LogP contribution in [-0.2, 0) is 23.2 Å². The molecule has 0 bridgehead atoms. The molecule has 0 atom stereocenters. The molecule has 2 aromatic rings. The van der Waals surface area contributed by atoms with Crippen LogP contribution in [0.25, 0.3) is 0 Å². The number of carbonyl (C=O) groups excluding carboxylic acids is 1. The van der Waals surface area contributed by atoms with Gasteiger partial charge in [0.05, 0.1) is 6.20 Å². The smallest absolute Gasteiger partial charge is 0.350 e. The Kier molecular flexibility index (Phi) is 4.71. The lowest BCUT2D eigenvalue weighted by atomic mass is 10.1. The lowest BCUT2D eigenvalue weighted by molar-refractivity contribution is -0.161. The van der Waals surface area contributed by atoms with Crippen LogP contribution in [0.4, 0.5) is 4.39 Å². The lowest BCUT2D eigenvalue weighted by Gasteiger charge is -2.24. The van der Waals surface area contributed by atoms with Crippen molar-refractivity contribution >= 4 is 17.6 Å². The Morgan fingerprint density at radius 3 is 2.55 bits per heavy atom. The summed E-state index contributed by atoms with van der Waals surface area (Å²) in [5, 5.41) is 0.452. The minimum atomic E-state index is -1.22. The van der Waals surface area contributed by atoms with Crippen LogP contribution in [0.2, 0.25) is 5.15 Å². The van der Waals surface area contributed by atoms with Crippen molar-refractivity contribution in [2.45, 2.75) is 26.1 Å². The van der Waals surface area contributed by atoms with E-state index >= 15 is 0 Å². The fraction of sp³-hybridized carbons (Fsp3) is 0.333. The van der Waals surface area contributed by atoms with Crippen molar-refractivity contribution in [1.82, 2.24) is 9.55 Å². The van der Waals surface area contributed by atoms with Gasteiger partial charge in [-0.2, -0.15) is 0 Å². The summed E-state index contributed by atoms with van der Waals surface area (Å²) in [6, 6.07) is 5.41. The van der Waals surface area contributed by atoms with Crippen LogP contribution >= 0.6 is 11.6 Å². The molecule has 5 nitrogen and oxygen atoms in total. The number of rotatable bonds is 5. The Morgan fingerprint density at radius 1 is 1.36 bits per heavy atom. The SMILES string of the molecule is Cn1c(Cl)cnc1COC(=O)C(C)(C)Oc1ccc(F)cc1. The summed E-state index contributed by atoms with van der Waals surface area (Å²) in [5.74, 6) is -0.0327. The molecule has 2 rings (SSSR count). The van der Waals surface area contributed by atoms with Crippen molar-refractivity contribution in [3.05, 3.63) is 47.3 Å². The van der Waals surface area contributed by atoms with Gasteiger partial charge in [-0.3, -0.25) is 0 Å².